The van der Waals surface area contributed by atoms with Crippen molar-refractivity contribution < 1.29 is 5.11 Å². The van der Waals surface area contributed by atoms with Crippen LogP contribution in [0.25, 0.3) is 11.1 Å². The van der Waals surface area contributed by atoms with Gasteiger partial charge in [-0.1, -0.05) is 45.0 Å². The molecule has 1 nitrogen and oxygen atoms in total. The Balaban J connectivity index is 2.62. The van der Waals surface area contributed by atoms with Crippen molar-refractivity contribution in [2.75, 3.05) is 0 Å². The van der Waals surface area contributed by atoms with Gasteiger partial charge >= 0.3 is 0 Å². The third-order valence-electron chi connectivity index (χ3n) is 3.74. The molecular weight excluding hydrogens is 232 g/mol. The first-order valence-electron chi connectivity index (χ1n) is 7.14. The van der Waals surface area contributed by atoms with Crippen LogP contribution in [0.5, 0.6) is 5.75 Å². The lowest BCUT2D eigenvalue weighted by atomic mass is 9.93. The van der Waals surface area contributed by atoms with Crippen molar-refractivity contribution in [1.29, 1.82) is 0 Å². The molecule has 2 aromatic rings. The van der Waals surface area contributed by atoms with Crippen LogP contribution < -0.4 is 0 Å². The molecule has 19 heavy (non-hydrogen) atoms. The molecule has 0 atom stereocenters. The molecule has 0 saturated heterocycles. The van der Waals surface area contributed by atoms with E-state index in [1.165, 1.54) is 16.7 Å². The van der Waals surface area contributed by atoms with E-state index in [0.29, 0.717) is 5.75 Å². The van der Waals surface area contributed by atoms with Crippen molar-refractivity contribution >= 4 is 0 Å². The van der Waals surface area contributed by atoms with Gasteiger partial charge < -0.3 is 5.11 Å². The molecule has 0 radical (unpaired) electrons. The molecule has 2 rings (SSSR count). The van der Waals surface area contributed by atoms with E-state index in [1.54, 1.807) is 0 Å². The van der Waals surface area contributed by atoms with Crippen molar-refractivity contribution in [3.05, 3.63) is 53.1 Å². The zero-order chi connectivity index (χ0) is 13.8. The lowest BCUT2D eigenvalue weighted by Crippen LogP contribution is -1.93. The minimum atomic E-state index is 0.475. The summed E-state index contributed by atoms with van der Waals surface area (Å²) in [5.74, 6) is 0.475. The second-order valence-electron chi connectivity index (χ2n) is 4.86. The fraction of sp³-hybridized carbons (Fsp3) is 0.333. The highest BCUT2D eigenvalue weighted by atomic mass is 16.3. The summed E-state index contributed by atoms with van der Waals surface area (Å²) in [7, 11) is 0. The first kappa shape index (κ1) is 13.7. The van der Waals surface area contributed by atoms with E-state index in [-0.39, 0.29) is 0 Å². The Morgan fingerprint density at radius 2 is 1.32 bits per heavy atom. The van der Waals surface area contributed by atoms with Gasteiger partial charge in [0.1, 0.15) is 5.75 Å². The lowest BCUT2D eigenvalue weighted by molar-refractivity contribution is 0.462. The summed E-state index contributed by atoms with van der Waals surface area (Å²) in [5, 5.41) is 10.2. The summed E-state index contributed by atoms with van der Waals surface area (Å²) in [6.07, 6.45) is 2.75. The Morgan fingerprint density at radius 3 is 1.84 bits per heavy atom. The quantitative estimate of drug-likeness (QED) is 0.835. The second-order valence-corrected chi connectivity index (χ2v) is 4.86. The molecule has 0 aliphatic rings. The van der Waals surface area contributed by atoms with Gasteiger partial charge in [-0.3, -0.25) is 0 Å². The second kappa shape index (κ2) is 5.92. The van der Waals surface area contributed by atoms with Crippen LogP contribution in [0.1, 0.15) is 37.5 Å². The maximum atomic E-state index is 10.2. The molecule has 0 aliphatic heterocycles. The summed E-state index contributed by atoms with van der Waals surface area (Å²) in [6, 6.07) is 12.8. The smallest absolute Gasteiger partial charge is 0.121 e. The number of aromatic hydroxyl groups is 1. The maximum absolute atomic E-state index is 10.2. The minimum absolute atomic E-state index is 0.475. The molecule has 0 spiro atoms. The monoisotopic (exact) mass is 254 g/mol. The Morgan fingerprint density at radius 1 is 0.789 bits per heavy atom. The van der Waals surface area contributed by atoms with Crippen molar-refractivity contribution in [2.24, 2.45) is 0 Å². The lowest BCUT2D eigenvalue weighted by Gasteiger charge is -2.13. The minimum Gasteiger partial charge on any atom is -0.507 e. The van der Waals surface area contributed by atoms with Gasteiger partial charge in [0.15, 0.2) is 0 Å². The normalized spacial score (nSPS) is 10.7. The summed E-state index contributed by atoms with van der Waals surface area (Å²) in [6.45, 7) is 6.36. The van der Waals surface area contributed by atoms with Gasteiger partial charge in [0.25, 0.3) is 0 Å². The highest BCUT2D eigenvalue weighted by Gasteiger charge is 2.10. The zero-order valence-corrected chi connectivity index (χ0v) is 12.0. The number of aryl methyl sites for hydroxylation is 3. The molecule has 0 unspecified atom stereocenters. The number of benzene rings is 2. The van der Waals surface area contributed by atoms with Crippen LogP contribution in [-0.2, 0) is 19.3 Å². The summed E-state index contributed by atoms with van der Waals surface area (Å²) in [4.78, 5) is 0. The molecule has 0 aromatic heterocycles. The molecule has 0 aliphatic carbocycles. The molecule has 0 bridgehead atoms. The van der Waals surface area contributed by atoms with Gasteiger partial charge in [-0.25, -0.2) is 0 Å². The molecule has 0 saturated carbocycles. The van der Waals surface area contributed by atoms with Gasteiger partial charge in [-0.2, -0.15) is 0 Å². The largest absolute Gasteiger partial charge is 0.507 e. The Hall–Kier alpha value is -1.76. The van der Waals surface area contributed by atoms with Gasteiger partial charge in [0, 0.05) is 0 Å². The summed E-state index contributed by atoms with van der Waals surface area (Å²) < 4.78 is 0. The third kappa shape index (κ3) is 2.65. The average Bonchev–Trinajstić information content (AvgIpc) is 2.47. The highest BCUT2D eigenvalue weighted by Crippen LogP contribution is 2.32. The van der Waals surface area contributed by atoms with Crippen LogP contribution in [0.2, 0.25) is 0 Å². The predicted molar refractivity (Wildman–Crippen MR) is 81.7 cm³/mol. The van der Waals surface area contributed by atoms with Crippen molar-refractivity contribution in [3.63, 3.8) is 0 Å². The van der Waals surface area contributed by atoms with E-state index in [2.05, 4.69) is 57.2 Å². The van der Waals surface area contributed by atoms with E-state index in [1.807, 2.05) is 0 Å². The van der Waals surface area contributed by atoms with Gasteiger partial charge in [0.05, 0.1) is 0 Å². The number of phenols is 1. The SMILES string of the molecule is CCc1ccccc1-c1cc(CC)c(O)c(CC)c1. The zero-order valence-electron chi connectivity index (χ0n) is 12.0. The fourth-order valence-electron chi connectivity index (χ4n) is 2.56. The number of rotatable bonds is 4. The Kier molecular flexibility index (Phi) is 4.26. The van der Waals surface area contributed by atoms with Crippen molar-refractivity contribution in [3.8, 4) is 16.9 Å². The van der Waals surface area contributed by atoms with E-state index in [9.17, 15) is 5.11 Å². The van der Waals surface area contributed by atoms with Gasteiger partial charge in [-0.05, 0) is 59.2 Å². The molecule has 0 amide bonds. The number of hydrogen-bond donors (Lipinski definition) is 1. The standard InChI is InChI=1S/C18H22O/c1-4-13-9-7-8-10-17(13)16-11-14(5-2)18(19)15(6-3)12-16/h7-12,19H,4-6H2,1-3H3. The molecular formula is C18H22O. The average molecular weight is 254 g/mol. The van der Waals surface area contributed by atoms with Crippen LogP contribution >= 0.6 is 0 Å². The van der Waals surface area contributed by atoms with E-state index < -0.39 is 0 Å². The first-order valence-corrected chi connectivity index (χ1v) is 7.14. The summed E-state index contributed by atoms with van der Waals surface area (Å²) in [5.41, 5.74) is 5.95. The first-order chi connectivity index (χ1) is 9.21. The maximum Gasteiger partial charge on any atom is 0.121 e. The van der Waals surface area contributed by atoms with E-state index in [4.69, 9.17) is 0 Å². The summed E-state index contributed by atoms with van der Waals surface area (Å²) >= 11 is 0. The molecule has 1 N–H and O–H groups in total. The highest BCUT2D eigenvalue weighted by molar-refractivity contribution is 5.70. The topological polar surface area (TPSA) is 20.2 Å². The Bertz CT molecular complexity index is 545. The van der Waals surface area contributed by atoms with Crippen LogP contribution in [0, 0.1) is 0 Å². The van der Waals surface area contributed by atoms with E-state index >= 15 is 0 Å². The molecule has 0 heterocycles. The Labute approximate surface area is 115 Å². The van der Waals surface area contributed by atoms with E-state index in [0.717, 1.165) is 30.4 Å². The van der Waals surface area contributed by atoms with Crippen LogP contribution in [0.15, 0.2) is 36.4 Å². The van der Waals surface area contributed by atoms with Crippen LogP contribution in [0.4, 0.5) is 0 Å². The van der Waals surface area contributed by atoms with Crippen LogP contribution in [-0.4, -0.2) is 5.11 Å². The van der Waals surface area contributed by atoms with Crippen molar-refractivity contribution in [1.82, 2.24) is 0 Å². The molecule has 1 heteroatoms. The molecule has 0 fully saturated rings. The number of hydrogen-bond acceptors (Lipinski definition) is 1. The van der Waals surface area contributed by atoms with Gasteiger partial charge in [0.2, 0.25) is 0 Å². The van der Waals surface area contributed by atoms with Gasteiger partial charge in [-0.15, -0.1) is 0 Å². The van der Waals surface area contributed by atoms with Crippen LogP contribution in [0.3, 0.4) is 0 Å². The third-order valence-corrected chi connectivity index (χ3v) is 3.74. The molecule has 100 valence electrons. The molecule has 2 aromatic carbocycles. The van der Waals surface area contributed by atoms with Crippen molar-refractivity contribution in [2.45, 2.75) is 40.0 Å². The predicted octanol–water partition coefficient (Wildman–Crippen LogP) is 4.75. The fourth-order valence-corrected chi connectivity index (χ4v) is 2.56. The number of phenolic OH excluding ortho intramolecular Hbond substituents is 1.